The normalized spacial score (nSPS) is 14.9. The van der Waals surface area contributed by atoms with E-state index in [1.165, 1.54) is 11.1 Å². The minimum absolute atomic E-state index is 0.201. The van der Waals surface area contributed by atoms with Crippen LogP contribution in [0.25, 0.3) is 0 Å². The Bertz CT molecular complexity index is 679. The van der Waals surface area contributed by atoms with Crippen LogP contribution < -0.4 is 4.90 Å². The Morgan fingerprint density at radius 2 is 1.78 bits per heavy atom. The minimum Gasteiger partial charge on any atom is -0.339 e. The number of aryl methyl sites for hydroxylation is 2. The Balaban J connectivity index is 1.59. The highest BCUT2D eigenvalue weighted by Crippen LogP contribution is 2.14. The lowest BCUT2D eigenvalue weighted by molar-refractivity contribution is -0.130. The molecule has 0 spiro atoms. The van der Waals surface area contributed by atoms with E-state index in [-0.39, 0.29) is 5.91 Å². The highest BCUT2D eigenvalue weighted by molar-refractivity contribution is 5.79. The molecule has 1 aromatic heterocycles. The van der Waals surface area contributed by atoms with Crippen molar-refractivity contribution in [2.24, 2.45) is 0 Å². The maximum absolute atomic E-state index is 12.6. The summed E-state index contributed by atoms with van der Waals surface area (Å²) in [4.78, 5) is 25.2. The fraction of sp³-hybridized carbons (Fsp3) is 0.389. The number of piperazine rings is 1. The number of carbonyl (C=O) groups is 1. The molecule has 1 aliphatic rings. The van der Waals surface area contributed by atoms with Crippen LogP contribution in [0.3, 0.4) is 0 Å². The number of amides is 1. The first-order valence-electron chi connectivity index (χ1n) is 7.99. The first kappa shape index (κ1) is 15.5. The Morgan fingerprint density at radius 1 is 1.09 bits per heavy atom. The van der Waals surface area contributed by atoms with Crippen molar-refractivity contribution in [1.29, 1.82) is 0 Å². The molecule has 3 rings (SSSR count). The monoisotopic (exact) mass is 310 g/mol. The van der Waals surface area contributed by atoms with Gasteiger partial charge in [0.2, 0.25) is 11.9 Å². The maximum atomic E-state index is 12.6. The van der Waals surface area contributed by atoms with Crippen LogP contribution in [-0.4, -0.2) is 47.0 Å². The van der Waals surface area contributed by atoms with Crippen molar-refractivity contribution in [3.63, 3.8) is 0 Å². The highest BCUT2D eigenvalue weighted by atomic mass is 16.2. The van der Waals surface area contributed by atoms with Gasteiger partial charge in [0.05, 0.1) is 6.42 Å². The van der Waals surface area contributed by atoms with E-state index in [0.717, 1.165) is 37.7 Å². The van der Waals surface area contributed by atoms with Gasteiger partial charge in [0.15, 0.2) is 0 Å². The van der Waals surface area contributed by atoms with E-state index >= 15 is 0 Å². The third-order valence-corrected chi connectivity index (χ3v) is 4.31. The lowest BCUT2D eigenvalue weighted by Crippen LogP contribution is -2.49. The molecule has 1 aliphatic heterocycles. The molecule has 1 fully saturated rings. The van der Waals surface area contributed by atoms with E-state index in [1.54, 1.807) is 12.4 Å². The lowest BCUT2D eigenvalue weighted by atomic mass is 10.0. The summed E-state index contributed by atoms with van der Waals surface area (Å²) in [6.45, 7) is 7.13. The second kappa shape index (κ2) is 6.77. The van der Waals surface area contributed by atoms with E-state index in [2.05, 4.69) is 46.9 Å². The van der Waals surface area contributed by atoms with Gasteiger partial charge in [-0.3, -0.25) is 4.79 Å². The molecule has 1 amide bonds. The topological polar surface area (TPSA) is 49.3 Å². The molecule has 0 N–H and O–H groups in total. The molecule has 0 radical (unpaired) electrons. The number of rotatable bonds is 3. The Morgan fingerprint density at radius 3 is 2.48 bits per heavy atom. The summed E-state index contributed by atoms with van der Waals surface area (Å²) >= 11 is 0. The molecular formula is C18H22N4O. The molecule has 1 saturated heterocycles. The first-order chi connectivity index (χ1) is 11.1. The molecule has 0 bridgehead atoms. The van der Waals surface area contributed by atoms with E-state index in [4.69, 9.17) is 0 Å². The van der Waals surface area contributed by atoms with Gasteiger partial charge in [-0.15, -0.1) is 0 Å². The largest absolute Gasteiger partial charge is 0.339 e. The summed E-state index contributed by atoms with van der Waals surface area (Å²) in [6, 6.07) is 8.10. The van der Waals surface area contributed by atoms with Crippen molar-refractivity contribution in [1.82, 2.24) is 14.9 Å². The van der Waals surface area contributed by atoms with Gasteiger partial charge in [-0.1, -0.05) is 23.8 Å². The zero-order valence-electron chi connectivity index (χ0n) is 13.7. The second-order valence-electron chi connectivity index (χ2n) is 6.02. The van der Waals surface area contributed by atoms with Gasteiger partial charge < -0.3 is 9.80 Å². The third-order valence-electron chi connectivity index (χ3n) is 4.31. The predicted octanol–water partition coefficient (Wildman–Crippen LogP) is 1.98. The fourth-order valence-corrected chi connectivity index (χ4v) is 2.88. The van der Waals surface area contributed by atoms with Gasteiger partial charge in [-0.2, -0.15) is 0 Å². The Hall–Kier alpha value is -2.43. The van der Waals surface area contributed by atoms with Crippen LogP contribution in [0.5, 0.6) is 0 Å². The summed E-state index contributed by atoms with van der Waals surface area (Å²) in [5.74, 6) is 0.946. The van der Waals surface area contributed by atoms with Crippen LogP contribution in [0.4, 0.5) is 5.95 Å². The van der Waals surface area contributed by atoms with E-state index in [0.29, 0.717) is 6.42 Å². The maximum Gasteiger partial charge on any atom is 0.227 e. The van der Waals surface area contributed by atoms with Crippen molar-refractivity contribution in [3.05, 3.63) is 53.3 Å². The minimum atomic E-state index is 0.201. The van der Waals surface area contributed by atoms with Gasteiger partial charge in [0.1, 0.15) is 0 Å². The molecule has 5 heteroatoms. The summed E-state index contributed by atoms with van der Waals surface area (Å²) in [7, 11) is 0. The number of aromatic nitrogens is 2. The molecule has 1 aromatic carbocycles. The highest BCUT2D eigenvalue weighted by Gasteiger charge is 2.22. The van der Waals surface area contributed by atoms with Crippen LogP contribution in [0, 0.1) is 13.8 Å². The standard InChI is InChI=1S/C18H22N4O/c1-14-4-5-15(2)16(12-14)13-17(23)21-8-10-22(11-9-21)18-19-6-3-7-20-18/h3-7,12H,8-11,13H2,1-2H3. The third kappa shape index (κ3) is 3.67. The van der Waals surface area contributed by atoms with Crippen molar-refractivity contribution < 1.29 is 4.79 Å². The van der Waals surface area contributed by atoms with Gasteiger partial charge >= 0.3 is 0 Å². The molecule has 120 valence electrons. The molecule has 0 atom stereocenters. The number of nitrogens with zero attached hydrogens (tertiary/aromatic N) is 4. The Labute approximate surface area is 137 Å². The van der Waals surface area contributed by atoms with Crippen molar-refractivity contribution in [2.45, 2.75) is 20.3 Å². The average molecular weight is 310 g/mol. The summed E-state index contributed by atoms with van der Waals surface area (Å²) in [5.41, 5.74) is 3.51. The van der Waals surface area contributed by atoms with Gasteiger partial charge in [0.25, 0.3) is 0 Å². The lowest BCUT2D eigenvalue weighted by Gasteiger charge is -2.34. The number of anilines is 1. The molecule has 2 heterocycles. The number of hydrogen-bond donors (Lipinski definition) is 0. The molecule has 23 heavy (non-hydrogen) atoms. The number of carbonyl (C=O) groups excluding carboxylic acids is 1. The SMILES string of the molecule is Cc1ccc(C)c(CC(=O)N2CCN(c3ncccn3)CC2)c1. The van der Waals surface area contributed by atoms with Gasteiger partial charge in [0, 0.05) is 38.6 Å². The van der Waals surface area contributed by atoms with Crippen LogP contribution in [0.1, 0.15) is 16.7 Å². The molecule has 2 aromatic rings. The molecular weight excluding hydrogens is 288 g/mol. The zero-order valence-corrected chi connectivity index (χ0v) is 13.7. The molecule has 0 unspecified atom stereocenters. The first-order valence-corrected chi connectivity index (χ1v) is 7.99. The fourth-order valence-electron chi connectivity index (χ4n) is 2.88. The average Bonchev–Trinajstić information content (AvgIpc) is 2.59. The van der Waals surface area contributed by atoms with Crippen LogP contribution in [0.15, 0.2) is 36.7 Å². The molecule has 5 nitrogen and oxygen atoms in total. The van der Waals surface area contributed by atoms with Crippen LogP contribution in [0.2, 0.25) is 0 Å². The zero-order chi connectivity index (χ0) is 16.2. The van der Waals surface area contributed by atoms with Crippen LogP contribution >= 0.6 is 0 Å². The van der Waals surface area contributed by atoms with Crippen LogP contribution in [-0.2, 0) is 11.2 Å². The van der Waals surface area contributed by atoms with Gasteiger partial charge in [-0.05, 0) is 31.0 Å². The smallest absolute Gasteiger partial charge is 0.227 e. The van der Waals surface area contributed by atoms with E-state index < -0.39 is 0 Å². The molecule has 0 saturated carbocycles. The van der Waals surface area contributed by atoms with E-state index in [9.17, 15) is 4.79 Å². The summed E-state index contributed by atoms with van der Waals surface area (Å²) in [5, 5.41) is 0. The number of hydrogen-bond acceptors (Lipinski definition) is 4. The van der Waals surface area contributed by atoms with Crippen molar-refractivity contribution in [2.75, 3.05) is 31.1 Å². The Kier molecular flexibility index (Phi) is 4.55. The summed E-state index contributed by atoms with van der Waals surface area (Å²) < 4.78 is 0. The van der Waals surface area contributed by atoms with Gasteiger partial charge in [-0.25, -0.2) is 9.97 Å². The quantitative estimate of drug-likeness (QED) is 0.870. The second-order valence-corrected chi connectivity index (χ2v) is 6.02. The summed E-state index contributed by atoms with van der Waals surface area (Å²) in [6.07, 6.45) is 3.98. The van der Waals surface area contributed by atoms with E-state index in [1.807, 2.05) is 11.0 Å². The van der Waals surface area contributed by atoms with Crippen molar-refractivity contribution in [3.8, 4) is 0 Å². The molecule has 0 aliphatic carbocycles. The van der Waals surface area contributed by atoms with Crippen molar-refractivity contribution >= 4 is 11.9 Å². The number of benzene rings is 1. The predicted molar refractivity (Wildman–Crippen MR) is 90.4 cm³/mol.